The van der Waals surface area contributed by atoms with Crippen molar-refractivity contribution in [2.45, 2.75) is 50.8 Å². The number of β-lactam (4-membered cyclic amide) rings is 1. The first-order valence-corrected chi connectivity index (χ1v) is 19.6. The lowest BCUT2D eigenvalue weighted by Crippen LogP contribution is -2.63. The number of thioether (sulfide) groups is 1. The maximum absolute atomic E-state index is 13.4. The van der Waals surface area contributed by atoms with Crippen LogP contribution >= 0.6 is 23.1 Å². The number of non-ortho nitro benzene ring substituents is 2. The van der Waals surface area contributed by atoms with Gasteiger partial charge in [0.1, 0.15) is 31.7 Å². The minimum absolute atomic E-state index is 0.0150. The number of carbonyl (C=O) groups is 4. The molecule has 4 atom stereocenters. The molecule has 4 heterocycles. The number of fused-ring (bicyclic) bond motifs is 2. The Balaban J connectivity index is 1.15. The molecule has 300 valence electrons. The monoisotopic (exact) mass is 824 g/mol. The predicted molar refractivity (Wildman–Crippen MR) is 203 cm³/mol. The Morgan fingerprint density at radius 1 is 1.02 bits per heavy atom. The number of carboxylic acid groups (broad SMARTS) is 1. The van der Waals surface area contributed by atoms with Crippen LogP contribution in [0.4, 0.5) is 21.0 Å². The van der Waals surface area contributed by atoms with E-state index in [4.69, 9.17) is 9.47 Å². The van der Waals surface area contributed by atoms with E-state index in [0.717, 1.165) is 9.86 Å². The number of aliphatic carboxylic acids is 1. The second-order valence-corrected chi connectivity index (χ2v) is 15.2. The highest BCUT2D eigenvalue weighted by Crippen LogP contribution is 2.51. The number of benzene rings is 2. The van der Waals surface area contributed by atoms with Gasteiger partial charge in [0.25, 0.3) is 17.7 Å². The van der Waals surface area contributed by atoms with Gasteiger partial charge in [0.2, 0.25) is 15.8 Å². The molecule has 0 spiro atoms. The minimum Gasteiger partial charge on any atom is -0.477 e. The summed E-state index contributed by atoms with van der Waals surface area (Å²) in [5.74, 6) is -2.65. The molecule has 0 radical (unpaired) electrons. The molecule has 0 saturated carbocycles. The van der Waals surface area contributed by atoms with Gasteiger partial charge in [-0.25, -0.2) is 19.0 Å². The first-order valence-electron chi connectivity index (χ1n) is 17.6. The van der Waals surface area contributed by atoms with Crippen molar-refractivity contribution >= 4 is 68.9 Å². The van der Waals surface area contributed by atoms with Crippen molar-refractivity contribution in [3.63, 3.8) is 0 Å². The van der Waals surface area contributed by atoms with E-state index < -0.39 is 52.0 Å². The van der Waals surface area contributed by atoms with Crippen molar-refractivity contribution in [1.82, 2.24) is 19.5 Å². The van der Waals surface area contributed by atoms with Gasteiger partial charge in [-0.1, -0.05) is 30.0 Å². The molecule has 0 aliphatic carbocycles. The number of carboxylic acids is 1. The van der Waals surface area contributed by atoms with Gasteiger partial charge in [0.05, 0.1) is 39.3 Å². The van der Waals surface area contributed by atoms with Gasteiger partial charge in [-0.3, -0.25) is 25.0 Å². The van der Waals surface area contributed by atoms with Crippen LogP contribution in [0.25, 0.3) is 10.4 Å². The molecule has 1 fully saturated rings. The molecular formula is C36H38N7O12S2+. The Bertz CT molecular complexity index is 2250. The van der Waals surface area contributed by atoms with Gasteiger partial charge in [-0.2, -0.15) is 4.40 Å². The van der Waals surface area contributed by atoms with Gasteiger partial charge >= 0.3 is 18.2 Å². The van der Waals surface area contributed by atoms with Crippen molar-refractivity contribution in [2.75, 3.05) is 25.9 Å². The van der Waals surface area contributed by atoms with E-state index in [9.17, 15) is 49.6 Å². The summed E-state index contributed by atoms with van der Waals surface area (Å²) in [6.07, 6.45) is 3.10. The smallest absolute Gasteiger partial charge is 0.410 e. The number of thiazole rings is 1. The van der Waals surface area contributed by atoms with Gasteiger partial charge in [-0.15, -0.1) is 0 Å². The molecule has 1 saturated heterocycles. The number of aliphatic hydroxyl groups excluding tert-OH is 1. The highest BCUT2D eigenvalue weighted by Gasteiger charge is 2.60. The second-order valence-electron chi connectivity index (χ2n) is 13.3. The molecule has 4 aromatic rings. The zero-order chi connectivity index (χ0) is 41.1. The molecule has 2 aliphatic heterocycles. The third kappa shape index (κ3) is 8.39. The Hall–Kier alpha value is -6.06. The van der Waals surface area contributed by atoms with Gasteiger partial charge in [0.15, 0.2) is 0 Å². The van der Waals surface area contributed by atoms with E-state index in [-0.39, 0.29) is 62.4 Å². The third-order valence-corrected chi connectivity index (χ3v) is 11.9. The van der Waals surface area contributed by atoms with Crippen LogP contribution in [0.3, 0.4) is 0 Å². The van der Waals surface area contributed by atoms with Crippen LogP contribution in [0.1, 0.15) is 29.9 Å². The van der Waals surface area contributed by atoms with Crippen molar-refractivity contribution in [3.05, 3.63) is 103 Å². The molecule has 57 heavy (non-hydrogen) atoms. The fourth-order valence-electron chi connectivity index (χ4n) is 6.99. The number of rotatable bonds is 16. The normalized spacial score (nSPS) is 17.9. The summed E-state index contributed by atoms with van der Waals surface area (Å²) >= 11 is 2.81. The number of alkyl carbamates (subject to hydrolysis) is 1. The number of hydrogen-bond acceptors (Lipinski definition) is 13. The number of carbonyl (C=O) groups excluding carboxylic acids is 3. The summed E-state index contributed by atoms with van der Waals surface area (Å²) in [7, 11) is 0. The zero-order valence-electron chi connectivity index (χ0n) is 30.8. The van der Waals surface area contributed by atoms with Crippen LogP contribution in [-0.2, 0) is 38.8 Å². The van der Waals surface area contributed by atoms with Crippen molar-refractivity contribution < 1.29 is 53.3 Å². The maximum atomic E-state index is 13.4. The van der Waals surface area contributed by atoms with Crippen LogP contribution < -0.4 is 9.88 Å². The number of amides is 3. The van der Waals surface area contributed by atoms with Crippen LogP contribution in [0.5, 0.6) is 0 Å². The number of nitro benzene ring substituents is 2. The molecule has 6 rings (SSSR count). The predicted octanol–water partition coefficient (Wildman–Crippen LogP) is 4.05. The highest BCUT2D eigenvalue weighted by molar-refractivity contribution is 7.98. The molecule has 21 heteroatoms. The van der Waals surface area contributed by atoms with Crippen molar-refractivity contribution in [3.8, 4) is 0 Å². The summed E-state index contributed by atoms with van der Waals surface area (Å²) in [4.78, 5) is 76.2. The first kappa shape index (κ1) is 40.6. The van der Waals surface area contributed by atoms with E-state index in [2.05, 4.69) is 5.32 Å². The summed E-state index contributed by atoms with van der Waals surface area (Å²) in [5.41, 5.74) is 1.30. The molecule has 2 aliphatic rings. The molecule has 2 aromatic carbocycles. The maximum Gasteiger partial charge on any atom is 0.410 e. The molecule has 19 nitrogen and oxygen atoms in total. The van der Waals surface area contributed by atoms with E-state index in [1.165, 1.54) is 88.4 Å². The van der Waals surface area contributed by atoms with E-state index in [1.807, 2.05) is 28.5 Å². The molecule has 2 aromatic heterocycles. The number of nitrogens with zero attached hydrogens (tertiary/aromatic N) is 6. The number of nitrogens with one attached hydrogen (secondary N) is 1. The largest absolute Gasteiger partial charge is 0.477 e. The highest BCUT2D eigenvalue weighted by atomic mass is 32.2. The SMILES string of the molecule is CSc1c2sc(C3=C(C(=O)O)N4C(=O)[C@H]([C@@H](C)O)[C@H]4[C@H]3C)cn2c[n+]1CCN(CCNC(=O)OCc1ccc([N+](=O)[O-])cc1)C(=O)OCc1ccc([N+](=O)[O-])cc1. The zero-order valence-corrected chi connectivity index (χ0v) is 32.4. The topological polar surface area (TPSA) is 240 Å². The number of hydrogen-bond donors (Lipinski definition) is 3. The third-order valence-electron chi connectivity index (χ3n) is 9.79. The van der Waals surface area contributed by atoms with Crippen LogP contribution in [-0.4, -0.2) is 96.4 Å². The number of ether oxygens (including phenoxy) is 2. The van der Waals surface area contributed by atoms with E-state index in [0.29, 0.717) is 21.6 Å². The summed E-state index contributed by atoms with van der Waals surface area (Å²) in [5, 5.41) is 45.7. The Morgan fingerprint density at radius 2 is 1.61 bits per heavy atom. The van der Waals surface area contributed by atoms with Crippen LogP contribution in [0.15, 0.2) is 71.8 Å². The first-order chi connectivity index (χ1) is 27.2. The average Bonchev–Trinajstić information content (AvgIpc) is 3.81. The number of imidazole rings is 1. The van der Waals surface area contributed by atoms with E-state index >= 15 is 0 Å². The Kier molecular flexibility index (Phi) is 12.1. The molecule has 3 N–H and O–H groups in total. The molecular weight excluding hydrogens is 787 g/mol. The quantitative estimate of drug-likeness (QED) is 0.0476. The summed E-state index contributed by atoms with van der Waals surface area (Å²) < 4.78 is 14.5. The van der Waals surface area contributed by atoms with Crippen LogP contribution in [0.2, 0.25) is 0 Å². The molecule has 3 amide bonds. The van der Waals surface area contributed by atoms with E-state index in [1.54, 1.807) is 6.20 Å². The lowest BCUT2D eigenvalue weighted by atomic mass is 9.77. The number of aromatic nitrogens is 2. The Morgan fingerprint density at radius 3 is 2.16 bits per heavy atom. The molecule has 0 unspecified atom stereocenters. The van der Waals surface area contributed by atoms with Gasteiger partial charge in [-0.05, 0) is 48.6 Å². The lowest BCUT2D eigenvalue weighted by Gasteiger charge is -2.46. The Labute approximate surface area is 332 Å². The second kappa shape index (κ2) is 17.0. The van der Waals surface area contributed by atoms with Crippen molar-refractivity contribution in [1.29, 1.82) is 0 Å². The fourth-order valence-corrected chi connectivity index (χ4v) is 9.20. The van der Waals surface area contributed by atoms with Gasteiger partial charge < -0.3 is 34.8 Å². The average molecular weight is 825 g/mol. The fraction of sp³-hybridized carbons (Fsp3) is 0.361. The molecule has 0 bridgehead atoms. The number of aliphatic hydroxyl groups is 1. The number of nitro groups is 2. The van der Waals surface area contributed by atoms with Gasteiger partial charge in [0, 0.05) is 48.8 Å². The van der Waals surface area contributed by atoms with Crippen molar-refractivity contribution in [2.24, 2.45) is 11.8 Å². The lowest BCUT2D eigenvalue weighted by molar-refractivity contribution is -0.729. The standard InChI is InChI=1S/C36H37N7O12S2/c1-20-27(30(34(46)47)41-29(20)28(21(2)44)31(41)45)26-16-40-19-39(32(56-3)33(40)57-26)15-14-38(36(49)55-18-23-6-10-25(11-7-23)43(52)53)13-12-37-35(48)54-17-22-4-8-24(9-5-22)42(50)51/h4-11,16,19-21,28-29,44H,12-15,17-18H2,1-3H3,(H-,37,46,47,48)/p+1/t20-,21+,28+,29+/m0/s1. The van der Waals surface area contributed by atoms with Crippen LogP contribution in [0, 0.1) is 32.1 Å². The summed E-state index contributed by atoms with van der Waals surface area (Å²) in [6, 6.07) is 10.7. The summed E-state index contributed by atoms with van der Waals surface area (Å²) in [6.45, 7) is 3.50. The minimum atomic E-state index is -1.22.